The van der Waals surface area contributed by atoms with Crippen molar-refractivity contribution in [3.8, 4) is 11.4 Å². The van der Waals surface area contributed by atoms with E-state index in [4.69, 9.17) is 8.94 Å². The van der Waals surface area contributed by atoms with Crippen LogP contribution in [0.1, 0.15) is 32.2 Å². The zero-order valence-electron chi connectivity index (χ0n) is 16.6. The lowest BCUT2D eigenvalue weighted by Crippen LogP contribution is -2.33. The smallest absolute Gasteiger partial charge is 0.408 e. The summed E-state index contributed by atoms with van der Waals surface area (Å²) in [6.45, 7) is 4.11. The van der Waals surface area contributed by atoms with Crippen LogP contribution in [0.15, 0.2) is 62.5 Å². The van der Waals surface area contributed by atoms with Crippen LogP contribution in [0.3, 0.4) is 0 Å². The number of pyridine rings is 1. The Morgan fingerprint density at radius 3 is 2.70 bits per heavy atom. The third-order valence-electron chi connectivity index (χ3n) is 4.77. The molecule has 0 fully saturated rings. The van der Waals surface area contributed by atoms with Gasteiger partial charge in [0, 0.05) is 30.9 Å². The van der Waals surface area contributed by atoms with Crippen LogP contribution in [0, 0.1) is 5.92 Å². The number of fused-ring (bicyclic) bond motifs is 1. The minimum Gasteiger partial charge on any atom is -0.408 e. The van der Waals surface area contributed by atoms with Gasteiger partial charge in [0.05, 0.1) is 5.52 Å². The molecule has 0 aliphatic carbocycles. The molecule has 154 valence electrons. The van der Waals surface area contributed by atoms with Gasteiger partial charge in [-0.2, -0.15) is 4.98 Å². The number of carbonyl (C=O) groups is 1. The number of amides is 1. The summed E-state index contributed by atoms with van der Waals surface area (Å²) in [5.41, 5.74) is 1.94. The van der Waals surface area contributed by atoms with Crippen molar-refractivity contribution in [1.82, 2.24) is 25.0 Å². The lowest BCUT2D eigenvalue weighted by Gasteiger charge is -2.18. The molecule has 9 nitrogen and oxygen atoms in total. The van der Waals surface area contributed by atoms with Crippen LogP contribution in [0.2, 0.25) is 0 Å². The molecular formula is C21H21N5O4. The monoisotopic (exact) mass is 407 g/mol. The van der Waals surface area contributed by atoms with E-state index in [2.05, 4.69) is 20.4 Å². The zero-order valence-corrected chi connectivity index (χ0v) is 16.6. The lowest BCUT2D eigenvalue weighted by molar-refractivity contribution is -0.122. The Morgan fingerprint density at radius 1 is 1.17 bits per heavy atom. The van der Waals surface area contributed by atoms with E-state index in [0.717, 1.165) is 5.56 Å². The van der Waals surface area contributed by atoms with E-state index in [1.54, 1.807) is 42.7 Å². The highest BCUT2D eigenvalue weighted by Gasteiger charge is 2.25. The van der Waals surface area contributed by atoms with Gasteiger partial charge in [-0.25, -0.2) is 4.79 Å². The maximum Gasteiger partial charge on any atom is 0.419 e. The molecule has 0 bridgehead atoms. The summed E-state index contributed by atoms with van der Waals surface area (Å²) in [6, 6.07) is 10.2. The minimum absolute atomic E-state index is 0.0252. The molecule has 0 spiro atoms. The van der Waals surface area contributed by atoms with Gasteiger partial charge in [-0.1, -0.05) is 31.1 Å². The standard InChI is InChI=1S/C21H21N5O4/c1-13(2)18(20-24-19(25-30-20)14-7-10-22-11-8-14)23-17(27)9-12-26-15-5-3-4-6-16(15)29-21(26)28/h3-8,10-11,13,18H,9,12H2,1-2H3,(H,23,27). The van der Waals surface area contributed by atoms with Gasteiger partial charge >= 0.3 is 5.76 Å². The Hall–Kier alpha value is -3.75. The number of oxazole rings is 1. The second-order valence-corrected chi connectivity index (χ2v) is 7.22. The molecule has 30 heavy (non-hydrogen) atoms. The van der Waals surface area contributed by atoms with E-state index in [1.807, 2.05) is 19.9 Å². The van der Waals surface area contributed by atoms with Gasteiger partial charge in [-0.15, -0.1) is 0 Å². The predicted octanol–water partition coefficient (Wildman–Crippen LogP) is 2.94. The van der Waals surface area contributed by atoms with E-state index in [-0.39, 0.29) is 24.8 Å². The van der Waals surface area contributed by atoms with Crippen molar-refractivity contribution in [2.24, 2.45) is 5.92 Å². The van der Waals surface area contributed by atoms with Crippen molar-refractivity contribution in [2.75, 3.05) is 0 Å². The van der Waals surface area contributed by atoms with Gasteiger partial charge in [-0.3, -0.25) is 14.3 Å². The van der Waals surface area contributed by atoms with Gasteiger partial charge in [-0.05, 0) is 30.2 Å². The van der Waals surface area contributed by atoms with Gasteiger partial charge in [0.25, 0.3) is 0 Å². The van der Waals surface area contributed by atoms with E-state index in [0.29, 0.717) is 22.8 Å². The fraction of sp³-hybridized carbons (Fsp3) is 0.286. The largest absolute Gasteiger partial charge is 0.419 e. The van der Waals surface area contributed by atoms with E-state index >= 15 is 0 Å². The maximum atomic E-state index is 12.6. The van der Waals surface area contributed by atoms with Gasteiger partial charge in [0.2, 0.25) is 17.6 Å². The first-order chi connectivity index (χ1) is 14.5. The number of benzene rings is 1. The number of hydrogen-bond acceptors (Lipinski definition) is 7. The highest BCUT2D eigenvalue weighted by atomic mass is 16.5. The summed E-state index contributed by atoms with van der Waals surface area (Å²) in [7, 11) is 0. The number of carbonyl (C=O) groups excluding carboxylic acids is 1. The molecule has 1 aromatic carbocycles. The molecule has 3 heterocycles. The third kappa shape index (κ3) is 4.00. The van der Waals surface area contributed by atoms with Crippen LogP contribution in [-0.4, -0.2) is 25.6 Å². The molecule has 4 rings (SSSR count). The Labute approximate surface area is 171 Å². The Morgan fingerprint density at radius 2 is 1.93 bits per heavy atom. The summed E-state index contributed by atoms with van der Waals surface area (Å²) in [4.78, 5) is 33.1. The third-order valence-corrected chi connectivity index (χ3v) is 4.77. The molecular weight excluding hydrogens is 386 g/mol. The second-order valence-electron chi connectivity index (χ2n) is 7.22. The molecule has 1 atom stereocenters. The molecule has 0 aliphatic heterocycles. The topological polar surface area (TPSA) is 116 Å². The van der Waals surface area contributed by atoms with E-state index < -0.39 is 11.8 Å². The van der Waals surface area contributed by atoms with Crippen molar-refractivity contribution in [3.63, 3.8) is 0 Å². The first-order valence-corrected chi connectivity index (χ1v) is 9.64. The molecule has 4 aromatic rings. The van der Waals surface area contributed by atoms with Crippen LogP contribution in [-0.2, 0) is 11.3 Å². The first kappa shape index (κ1) is 19.6. The zero-order chi connectivity index (χ0) is 21.1. The summed E-state index contributed by atoms with van der Waals surface area (Å²) in [6.07, 6.45) is 3.40. The molecule has 0 aliphatic rings. The average molecular weight is 407 g/mol. The Balaban J connectivity index is 1.46. The first-order valence-electron chi connectivity index (χ1n) is 9.64. The number of rotatable bonds is 7. The van der Waals surface area contributed by atoms with Crippen LogP contribution in [0.5, 0.6) is 0 Å². The normalized spacial score (nSPS) is 12.4. The Bertz CT molecular complexity index is 1210. The quantitative estimate of drug-likeness (QED) is 0.501. The van der Waals surface area contributed by atoms with Crippen LogP contribution >= 0.6 is 0 Å². The van der Waals surface area contributed by atoms with Crippen molar-refractivity contribution in [2.45, 2.75) is 32.9 Å². The summed E-state index contributed by atoms with van der Waals surface area (Å²) < 4.78 is 12.1. The van der Waals surface area contributed by atoms with Crippen LogP contribution < -0.4 is 11.1 Å². The SMILES string of the molecule is CC(C)C(NC(=O)CCn1c(=O)oc2ccccc21)c1nc(-c2ccncc2)no1. The van der Waals surface area contributed by atoms with Crippen LogP contribution in [0.25, 0.3) is 22.5 Å². The van der Waals surface area contributed by atoms with E-state index in [1.165, 1.54) is 4.57 Å². The maximum absolute atomic E-state index is 12.6. The Kier molecular flexibility index (Phi) is 5.42. The molecule has 0 radical (unpaired) electrons. The lowest BCUT2D eigenvalue weighted by atomic mass is 10.0. The molecule has 1 unspecified atom stereocenters. The number of para-hydroxylation sites is 2. The highest BCUT2D eigenvalue weighted by molar-refractivity contribution is 5.77. The summed E-state index contributed by atoms with van der Waals surface area (Å²) >= 11 is 0. The minimum atomic E-state index is -0.483. The molecule has 3 aromatic heterocycles. The number of aryl methyl sites for hydroxylation is 1. The van der Waals surface area contributed by atoms with Crippen molar-refractivity contribution < 1.29 is 13.7 Å². The fourth-order valence-corrected chi connectivity index (χ4v) is 3.18. The van der Waals surface area contributed by atoms with Crippen molar-refractivity contribution in [3.05, 3.63) is 65.2 Å². The van der Waals surface area contributed by atoms with Gasteiger partial charge < -0.3 is 14.3 Å². The number of nitrogens with zero attached hydrogens (tertiary/aromatic N) is 4. The molecule has 0 saturated carbocycles. The average Bonchev–Trinajstić information content (AvgIpc) is 3.35. The molecule has 1 N–H and O–H groups in total. The number of nitrogens with one attached hydrogen (secondary N) is 1. The second kappa shape index (κ2) is 8.32. The summed E-state index contributed by atoms with van der Waals surface area (Å²) in [5.74, 6) is 0.0785. The van der Waals surface area contributed by atoms with E-state index in [9.17, 15) is 9.59 Å². The fourth-order valence-electron chi connectivity index (χ4n) is 3.18. The predicted molar refractivity (Wildman–Crippen MR) is 108 cm³/mol. The number of hydrogen-bond donors (Lipinski definition) is 1. The molecule has 9 heteroatoms. The summed E-state index contributed by atoms with van der Waals surface area (Å²) in [5, 5.41) is 6.94. The van der Waals surface area contributed by atoms with Crippen molar-refractivity contribution >= 4 is 17.0 Å². The highest BCUT2D eigenvalue weighted by Crippen LogP contribution is 2.23. The van der Waals surface area contributed by atoms with Gasteiger partial charge in [0.1, 0.15) is 6.04 Å². The molecule has 0 saturated heterocycles. The van der Waals surface area contributed by atoms with Gasteiger partial charge in [0.15, 0.2) is 5.58 Å². The van der Waals surface area contributed by atoms with Crippen molar-refractivity contribution in [1.29, 1.82) is 0 Å². The molecule has 1 amide bonds. The number of aromatic nitrogens is 4. The van der Waals surface area contributed by atoms with Crippen LogP contribution in [0.4, 0.5) is 0 Å².